The van der Waals surface area contributed by atoms with E-state index >= 15 is 0 Å². The fourth-order valence-corrected chi connectivity index (χ4v) is 1.99. The third kappa shape index (κ3) is 4.70. The second kappa shape index (κ2) is 8.88. The zero-order chi connectivity index (χ0) is 18.3. The molecule has 6 heteroatoms. The maximum absolute atomic E-state index is 13.6. The molecule has 2 aromatic carbocycles. The van der Waals surface area contributed by atoms with Crippen LogP contribution in [0.5, 0.6) is 0 Å². The molecule has 0 aromatic heterocycles. The maximum Gasteiger partial charge on any atom is 0.320 e. The van der Waals surface area contributed by atoms with Crippen LogP contribution >= 0.6 is 0 Å². The largest absolute Gasteiger partial charge is 0.480 e. The number of rotatable bonds is 5. The number of hydrogen-bond acceptors (Lipinski definition) is 3. The number of aliphatic carboxylic acids is 1. The van der Waals surface area contributed by atoms with Crippen LogP contribution in [0.2, 0.25) is 0 Å². The Bertz CT molecular complexity index is 694. The van der Waals surface area contributed by atoms with Crippen molar-refractivity contribution in [3.63, 3.8) is 0 Å². The average molecular weight is 335 g/mol. The fourth-order valence-electron chi connectivity index (χ4n) is 1.99. The van der Waals surface area contributed by atoms with Crippen molar-refractivity contribution in [2.75, 3.05) is 0 Å². The van der Waals surface area contributed by atoms with Gasteiger partial charge < -0.3 is 10.8 Å². The zero-order valence-electron chi connectivity index (χ0n) is 13.4. The molecule has 0 spiro atoms. The van der Waals surface area contributed by atoms with Crippen LogP contribution in [0.1, 0.15) is 35.3 Å². The molecule has 0 saturated heterocycles. The Morgan fingerprint density at radius 3 is 2.00 bits per heavy atom. The van der Waals surface area contributed by atoms with E-state index in [4.69, 9.17) is 10.8 Å². The van der Waals surface area contributed by atoms with E-state index in [2.05, 4.69) is 0 Å². The molecule has 0 amide bonds. The molecule has 2 aromatic rings. The summed E-state index contributed by atoms with van der Waals surface area (Å²) < 4.78 is 27.2. The van der Waals surface area contributed by atoms with Crippen LogP contribution in [0.4, 0.5) is 8.78 Å². The number of carboxylic acid groups (broad SMARTS) is 1. The summed E-state index contributed by atoms with van der Waals surface area (Å²) >= 11 is 0. The normalized spacial score (nSPS) is 11.2. The first kappa shape index (κ1) is 19.4. The number of benzene rings is 2. The lowest BCUT2D eigenvalue weighted by Crippen LogP contribution is -2.32. The Labute approximate surface area is 138 Å². The molecule has 4 nitrogen and oxygen atoms in total. The number of carbonyl (C=O) groups is 2. The number of carboxylic acids is 1. The lowest BCUT2D eigenvalue weighted by molar-refractivity contribution is -0.138. The minimum atomic E-state index is -1.13. The van der Waals surface area contributed by atoms with E-state index in [1.54, 1.807) is 0 Å². The van der Waals surface area contributed by atoms with Crippen molar-refractivity contribution in [1.29, 1.82) is 0 Å². The van der Waals surface area contributed by atoms with Crippen molar-refractivity contribution < 1.29 is 23.5 Å². The van der Waals surface area contributed by atoms with Gasteiger partial charge >= 0.3 is 5.97 Å². The topological polar surface area (TPSA) is 80.4 Å². The molecule has 0 aliphatic carbocycles. The molecule has 128 valence electrons. The van der Waals surface area contributed by atoms with E-state index < -0.39 is 35.0 Å². The Kier molecular flexibility index (Phi) is 7.20. The van der Waals surface area contributed by atoms with Gasteiger partial charge in [-0.2, -0.15) is 0 Å². The van der Waals surface area contributed by atoms with E-state index in [1.165, 1.54) is 30.3 Å². The number of hydrogen-bond donors (Lipinski definition) is 2. The molecule has 0 aliphatic heterocycles. The SMILES string of the molecule is CC.NC(Cc1ccc(C(=O)c2c(F)cccc2F)cc1)C(=O)O. The van der Waals surface area contributed by atoms with Crippen LogP contribution in [-0.2, 0) is 11.2 Å². The minimum absolute atomic E-state index is 0.0951. The van der Waals surface area contributed by atoms with Gasteiger partial charge in [0.2, 0.25) is 0 Å². The predicted molar refractivity (Wildman–Crippen MR) is 86.9 cm³/mol. The number of halogens is 2. The summed E-state index contributed by atoms with van der Waals surface area (Å²) in [6, 6.07) is 7.94. The van der Waals surface area contributed by atoms with Gasteiger partial charge in [-0.15, -0.1) is 0 Å². The lowest BCUT2D eigenvalue weighted by Gasteiger charge is -2.08. The molecule has 0 saturated carbocycles. The lowest BCUT2D eigenvalue weighted by atomic mass is 9.99. The first-order chi connectivity index (χ1) is 11.4. The van der Waals surface area contributed by atoms with Gasteiger partial charge in [-0.3, -0.25) is 9.59 Å². The number of ketones is 1. The van der Waals surface area contributed by atoms with Crippen molar-refractivity contribution in [1.82, 2.24) is 0 Å². The Hall–Kier alpha value is -2.60. The Morgan fingerprint density at radius 1 is 1.04 bits per heavy atom. The first-order valence-electron chi connectivity index (χ1n) is 7.46. The summed E-state index contributed by atoms with van der Waals surface area (Å²) in [5, 5.41) is 8.73. The molecule has 1 atom stereocenters. The standard InChI is InChI=1S/C16H13F2NO3.C2H6/c17-11-2-1-3-12(18)14(11)15(20)10-6-4-9(5-7-10)8-13(19)16(21)22;1-2/h1-7,13H,8,19H2,(H,21,22);1-2H3. The van der Waals surface area contributed by atoms with Crippen LogP contribution in [0.25, 0.3) is 0 Å². The van der Waals surface area contributed by atoms with Crippen molar-refractivity contribution in [2.45, 2.75) is 26.3 Å². The van der Waals surface area contributed by atoms with Crippen LogP contribution in [0.15, 0.2) is 42.5 Å². The second-order valence-corrected chi connectivity index (χ2v) is 4.77. The molecular formula is C18H19F2NO3. The number of carbonyl (C=O) groups excluding carboxylic acids is 1. The van der Waals surface area contributed by atoms with E-state index in [-0.39, 0.29) is 12.0 Å². The van der Waals surface area contributed by atoms with Gasteiger partial charge in [-0.1, -0.05) is 44.2 Å². The summed E-state index contributed by atoms with van der Waals surface area (Å²) in [5.41, 5.74) is 5.52. The van der Waals surface area contributed by atoms with Crippen LogP contribution < -0.4 is 5.73 Å². The minimum Gasteiger partial charge on any atom is -0.480 e. The summed E-state index contributed by atoms with van der Waals surface area (Å²) in [5.74, 6) is -3.76. The second-order valence-electron chi connectivity index (χ2n) is 4.77. The van der Waals surface area contributed by atoms with Gasteiger partial charge in [0.15, 0.2) is 5.78 Å². The van der Waals surface area contributed by atoms with Gasteiger partial charge in [0.05, 0.1) is 5.56 Å². The predicted octanol–water partition coefficient (Wildman–Crippen LogP) is 3.18. The smallest absolute Gasteiger partial charge is 0.320 e. The fraction of sp³-hybridized carbons (Fsp3) is 0.222. The maximum atomic E-state index is 13.6. The highest BCUT2D eigenvalue weighted by molar-refractivity contribution is 6.09. The van der Waals surface area contributed by atoms with Crippen LogP contribution in [0, 0.1) is 11.6 Å². The van der Waals surface area contributed by atoms with E-state index in [9.17, 15) is 18.4 Å². The third-order valence-corrected chi connectivity index (χ3v) is 3.18. The van der Waals surface area contributed by atoms with Crippen LogP contribution in [0.3, 0.4) is 0 Å². The molecule has 0 bridgehead atoms. The summed E-state index contributed by atoms with van der Waals surface area (Å²) in [6.07, 6.45) is 0.0951. The van der Waals surface area contributed by atoms with E-state index in [0.717, 1.165) is 12.1 Å². The van der Waals surface area contributed by atoms with Crippen molar-refractivity contribution >= 4 is 11.8 Å². The molecule has 2 rings (SSSR count). The molecule has 0 radical (unpaired) electrons. The van der Waals surface area contributed by atoms with Crippen LogP contribution in [-0.4, -0.2) is 22.9 Å². The number of nitrogens with two attached hydrogens (primary N) is 1. The van der Waals surface area contributed by atoms with Gasteiger partial charge in [-0.05, 0) is 24.1 Å². The van der Waals surface area contributed by atoms with E-state index in [1.807, 2.05) is 13.8 Å². The highest BCUT2D eigenvalue weighted by Gasteiger charge is 2.19. The van der Waals surface area contributed by atoms with Crippen molar-refractivity contribution in [3.8, 4) is 0 Å². The Balaban J connectivity index is 0.00000139. The zero-order valence-corrected chi connectivity index (χ0v) is 13.4. The van der Waals surface area contributed by atoms with Gasteiger partial charge in [0.25, 0.3) is 0 Å². The monoisotopic (exact) mass is 335 g/mol. The highest BCUT2D eigenvalue weighted by atomic mass is 19.1. The average Bonchev–Trinajstić information content (AvgIpc) is 2.57. The Morgan fingerprint density at radius 2 is 1.54 bits per heavy atom. The molecule has 0 heterocycles. The van der Waals surface area contributed by atoms with Gasteiger partial charge in [0.1, 0.15) is 17.7 Å². The first-order valence-corrected chi connectivity index (χ1v) is 7.46. The van der Waals surface area contributed by atoms with Gasteiger partial charge in [-0.25, -0.2) is 8.78 Å². The summed E-state index contributed by atoms with van der Waals surface area (Å²) in [4.78, 5) is 22.8. The highest BCUT2D eigenvalue weighted by Crippen LogP contribution is 2.18. The third-order valence-electron chi connectivity index (χ3n) is 3.18. The van der Waals surface area contributed by atoms with Crippen molar-refractivity contribution in [2.24, 2.45) is 5.73 Å². The summed E-state index contributed by atoms with van der Waals surface area (Å²) in [6.45, 7) is 4.00. The van der Waals surface area contributed by atoms with Gasteiger partial charge in [0, 0.05) is 5.56 Å². The van der Waals surface area contributed by atoms with E-state index in [0.29, 0.717) is 5.56 Å². The van der Waals surface area contributed by atoms with Crippen molar-refractivity contribution in [3.05, 3.63) is 70.8 Å². The molecular weight excluding hydrogens is 316 g/mol. The quantitative estimate of drug-likeness (QED) is 0.823. The molecule has 24 heavy (non-hydrogen) atoms. The molecule has 0 fully saturated rings. The summed E-state index contributed by atoms with van der Waals surface area (Å²) in [7, 11) is 0. The molecule has 1 unspecified atom stereocenters. The molecule has 0 aliphatic rings. The molecule has 3 N–H and O–H groups in total.